The molecule has 2 aliphatic rings. The van der Waals surface area contributed by atoms with Crippen molar-refractivity contribution in [2.45, 2.75) is 44.5 Å². The predicted molar refractivity (Wildman–Crippen MR) is 129 cm³/mol. The monoisotopic (exact) mass is 496 g/mol. The Morgan fingerprint density at radius 2 is 1.94 bits per heavy atom. The van der Waals surface area contributed by atoms with Crippen LogP contribution < -0.4 is 16.0 Å². The van der Waals surface area contributed by atoms with Crippen molar-refractivity contribution in [3.05, 3.63) is 76.5 Å². The fourth-order valence-corrected chi connectivity index (χ4v) is 4.26. The molecule has 2 aliphatic heterocycles. The summed E-state index contributed by atoms with van der Waals surface area (Å²) in [6.45, 7) is 1.85. The Hall–Kier alpha value is -3.69. The Labute approximate surface area is 207 Å². The molecule has 0 radical (unpaired) electrons. The Morgan fingerprint density at radius 1 is 1.20 bits per heavy atom. The number of aliphatic hydroxyl groups is 1. The number of imide groups is 1. The Kier molecular flexibility index (Phi) is 7.18. The van der Waals surface area contributed by atoms with Crippen molar-refractivity contribution in [2.24, 2.45) is 0 Å². The number of halogens is 1. The van der Waals surface area contributed by atoms with Crippen LogP contribution in [0.15, 0.2) is 60.3 Å². The number of carbonyl (C=O) groups excluding carboxylic acids is 4. The molecule has 0 spiro atoms. The molecule has 3 atom stereocenters. The molecule has 9 nitrogen and oxygen atoms in total. The summed E-state index contributed by atoms with van der Waals surface area (Å²) in [5, 5.41) is 19.0. The number of hydrogen-bond acceptors (Lipinski definition) is 6. The summed E-state index contributed by atoms with van der Waals surface area (Å²) < 4.78 is 0. The molecule has 0 aromatic heterocycles. The van der Waals surface area contributed by atoms with Gasteiger partial charge in [-0.25, -0.2) is 0 Å². The van der Waals surface area contributed by atoms with Crippen LogP contribution in [-0.4, -0.2) is 45.9 Å². The lowest BCUT2D eigenvalue weighted by atomic mass is 10.0. The number of piperidine rings is 1. The largest absolute Gasteiger partial charge is 0.372 e. The summed E-state index contributed by atoms with van der Waals surface area (Å²) in [5.41, 5.74) is 2.28. The van der Waals surface area contributed by atoms with Crippen molar-refractivity contribution >= 4 is 40.9 Å². The Bertz CT molecular complexity index is 1200. The highest BCUT2D eigenvalue weighted by Gasteiger charge is 2.42. The Morgan fingerprint density at radius 3 is 2.66 bits per heavy atom. The van der Waals surface area contributed by atoms with Crippen LogP contribution in [0.1, 0.15) is 36.9 Å². The SMILES string of the molecule is CC(NC(=O)Cc1ccc(Cl)cc1)c1cccc(NC2=CC(=O)N(C3CCC(=O)NC3O)C2=O)c1. The average molecular weight is 497 g/mol. The first-order valence-electron chi connectivity index (χ1n) is 11.2. The van der Waals surface area contributed by atoms with Gasteiger partial charge in [0.15, 0.2) is 0 Å². The van der Waals surface area contributed by atoms with Crippen LogP contribution in [0.2, 0.25) is 5.02 Å². The molecule has 2 heterocycles. The van der Waals surface area contributed by atoms with Crippen LogP contribution in [0.25, 0.3) is 0 Å². The molecular formula is C25H25ClN4O5. The number of nitrogens with one attached hydrogen (secondary N) is 3. The summed E-state index contributed by atoms with van der Waals surface area (Å²) in [4.78, 5) is 50.2. The third-order valence-electron chi connectivity index (χ3n) is 5.95. The number of rotatable bonds is 7. The summed E-state index contributed by atoms with van der Waals surface area (Å²) in [7, 11) is 0. The van der Waals surface area contributed by atoms with Gasteiger partial charge in [0.2, 0.25) is 11.8 Å². The molecular weight excluding hydrogens is 472 g/mol. The highest BCUT2D eigenvalue weighted by atomic mass is 35.5. The van der Waals surface area contributed by atoms with Crippen LogP contribution in [0.4, 0.5) is 5.69 Å². The molecule has 3 unspecified atom stereocenters. The minimum Gasteiger partial charge on any atom is -0.372 e. The van der Waals surface area contributed by atoms with Crippen molar-refractivity contribution in [3.63, 3.8) is 0 Å². The molecule has 2 aromatic rings. The zero-order valence-corrected chi connectivity index (χ0v) is 19.7. The van der Waals surface area contributed by atoms with E-state index in [1.807, 2.05) is 13.0 Å². The van der Waals surface area contributed by atoms with E-state index < -0.39 is 24.1 Å². The molecule has 182 valence electrons. The summed E-state index contributed by atoms with van der Waals surface area (Å²) >= 11 is 5.89. The number of nitrogens with zero attached hydrogens (tertiary/aromatic N) is 1. The lowest BCUT2D eigenvalue weighted by molar-refractivity contribution is -0.148. The number of benzene rings is 2. The molecule has 1 fully saturated rings. The molecule has 0 aliphatic carbocycles. The number of amides is 4. The van der Waals surface area contributed by atoms with Gasteiger partial charge in [-0.05, 0) is 48.7 Å². The first-order chi connectivity index (χ1) is 16.7. The predicted octanol–water partition coefficient (Wildman–Crippen LogP) is 2.02. The van der Waals surface area contributed by atoms with Crippen molar-refractivity contribution in [1.82, 2.24) is 15.5 Å². The first kappa shape index (κ1) is 24.4. The maximum absolute atomic E-state index is 12.9. The van der Waals surface area contributed by atoms with Crippen molar-refractivity contribution in [1.29, 1.82) is 0 Å². The number of carbonyl (C=O) groups is 4. The average Bonchev–Trinajstić information content (AvgIpc) is 3.08. The van der Waals surface area contributed by atoms with Crippen molar-refractivity contribution in [3.8, 4) is 0 Å². The molecule has 1 saturated heterocycles. The van der Waals surface area contributed by atoms with E-state index in [1.165, 1.54) is 6.08 Å². The minimum absolute atomic E-state index is 0.0654. The Balaban J connectivity index is 1.39. The minimum atomic E-state index is -1.31. The second-order valence-electron chi connectivity index (χ2n) is 8.53. The highest BCUT2D eigenvalue weighted by Crippen LogP contribution is 2.25. The van der Waals surface area contributed by atoms with Gasteiger partial charge in [-0.1, -0.05) is 35.9 Å². The third kappa shape index (κ3) is 5.70. The van der Waals surface area contributed by atoms with E-state index in [1.54, 1.807) is 42.5 Å². The molecule has 4 rings (SSSR count). The third-order valence-corrected chi connectivity index (χ3v) is 6.20. The van der Waals surface area contributed by atoms with Gasteiger partial charge in [-0.2, -0.15) is 0 Å². The maximum atomic E-state index is 12.9. The van der Waals surface area contributed by atoms with Gasteiger partial charge < -0.3 is 21.1 Å². The van der Waals surface area contributed by atoms with Crippen LogP contribution >= 0.6 is 11.6 Å². The van der Waals surface area contributed by atoms with Gasteiger partial charge in [-0.15, -0.1) is 0 Å². The fourth-order valence-electron chi connectivity index (χ4n) is 4.13. The molecule has 2 aromatic carbocycles. The van der Waals surface area contributed by atoms with Gasteiger partial charge in [-0.3, -0.25) is 24.1 Å². The van der Waals surface area contributed by atoms with E-state index in [0.29, 0.717) is 10.7 Å². The number of aliphatic hydroxyl groups excluding tert-OH is 1. The molecule has 0 saturated carbocycles. The maximum Gasteiger partial charge on any atom is 0.277 e. The topological polar surface area (TPSA) is 128 Å². The van der Waals surface area contributed by atoms with Crippen LogP contribution in [0, 0.1) is 0 Å². The van der Waals surface area contributed by atoms with E-state index >= 15 is 0 Å². The van der Waals surface area contributed by atoms with E-state index in [2.05, 4.69) is 16.0 Å². The van der Waals surface area contributed by atoms with Gasteiger partial charge in [0, 0.05) is 23.2 Å². The quantitative estimate of drug-likeness (QED) is 0.434. The molecule has 35 heavy (non-hydrogen) atoms. The fraction of sp³-hybridized carbons (Fsp3) is 0.280. The van der Waals surface area contributed by atoms with Crippen molar-refractivity contribution in [2.75, 3.05) is 5.32 Å². The normalized spacial score (nSPS) is 20.8. The number of hydrogen-bond donors (Lipinski definition) is 4. The van der Waals surface area contributed by atoms with E-state index in [9.17, 15) is 24.3 Å². The van der Waals surface area contributed by atoms with Gasteiger partial charge in [0.25, 0.3) is 11.8 Å². The second-order valence-corrected chi connectivity index (χ2v) is 8.97. The standard InChI is InChI=1S/C25H25ClN4O5/c1-14(27-22(32)11-15-5-7-17(26)8-6-15)16-3-2-4-18(12-16)28-19-13-23(33)30(25(19)35)20-9-10-21(31)29-24(20)34/h2-8,12-14,20,24,28,34H,9-11H2,1H3,(H,27,32)(H,29,31). The van der Waals surface area contributed by atoms with Crippen molar-refractivity contribution < 1.29 is 24.3 Å². The van der Waals surface area contributed by atoms with Gasteiger partial charge >= 0.3 is 0 Å². The molecule has 4 N–H and O–H groups in total. The zero-order chi connectivity index (χ0) is 25.1. The smallest absolute Gasteiger partial charge is 0.277 e. The highest BCUT2D eigenvalue weighted by molar-refractivity contribution is 6.30. The van der Waals surface area contributed by atoms with Crippen LogP contribution in [0.3, 0.4) is 0 Å². The first-order valence-corrected chi connectivity index (χ1v) is 11.6. The number of anilines is 1. The summed E-state index contributed by atoms with van der Waals surface area (Å²) in [5.74, 6) is -1.61. The van der Waals surface area contributed by atoms with Gasteiger partial charge in [0.1, 0.15) is 11.9 Å². The molecule has 10 heteroatoms. The van der Waals surface area contributed by atoms with E-state index in [-0.39, 0.29) is 42.8 Å². The molecule has 0 bridgehead atoms. The summed E-state index contributed by atoms with van der Waals surface area (Å²) in [6.07, 6.45) is 0.388. The lowest BCUT2D eigenvalue weighted by Gasteiger charge is -2.34. The van der Waals surface area contributed by atoms with Gasteiger partial charge in [0.05, 0.1) is 18.5 Å². The lowest BCUT2D eigenvalue weighted by Crippen LogP contribution is -2.57. The second kappa shape index (κ2) is 10.3. The summed E-state index contributed by atoms with van der Waals surface area (Å²) in [6, 6.07) is 13.1. The van der Waals surface area contributed by atoms with Crippen LogP contribution in [-0.2, 0) is 25.6 Å². The van der Waals surface area contributed by atoms with Crippen LogP contribution in [0.5, 0.6) is 0 Å². The zero-order valence-electron chi connectivity index (χ0n) is 19.0. The molecule has 4 amide bonds. The van der Waals surface area contributed by atoms with E-state index in [0.717, 1.165) is 16.0 Å². The van der Waals surface area contributed by atoms with E-state index in [4.69, 9.17) is 11.6 Å².